The minimum atomic E-state index is -0.591. The van der Waals surface area contributed by atoms with E-state index in [-0.39, 0.29) is 12.4 Å². The molecule has 0 saturated heterocycles. The van der Waals surface area contributed by atoms with Crippen molar-refractivity contribution in [1.82, 2.24) is 15.0 Å². The van der Waals surface area contributed by atoms with Gasteiger partial charge in [-0.15, -0.1) is 5.10 Å². The van der Waals surface area contributed by atoms with Crippen molar-refractivity contribution in [2.75, 3.05) is 11.9 Å². The second-order valence-electron chi connectivity index (χ2n) is 8.25. The molecule has 1 N–H and O–H groups in total. The van der Waals surface area contributed by atoms with E-state index in [4.69, 9.17) is 9.47 Å². The number of aromatic nitrogens is 3. The third-order valence-corrected chi connectivity index (χ3v) is 5.64. The van der Waals surface area contributed by atoms with Crippen LogP contribution in [0.3, 0.4) is 0 Å². The normalized spacial score (nSPS) is 11.5. The first-order valence-corrected chi connectivity index (χ1v) is 11.7. The van der Waals surface area contributed by atoms with Gasteiger partial charge in [-0.25, -0.2) is 4.79 Å². The van der Waals surface area contributed by atoms with Crippen LogP contribution in [0.15, 0.2) is 78.9 Å². The van der Waals surface area contributed by atoms with E-state index in [1.807, 2.05) is 85.8 Å². The lowest BCUT2D eigenvalue weighted by molar-refractivity contribution is -0.142. The fourth-order valence-corrected chi connectivity index (χ4v) is 3.77. The Morgan fingerprint density at radius 2 is 1.72 bits per heavy atom. The molecule has 8 nitrogen and oxygen atoms in total. The predicted octanol–water partition coefficient (Wildman–Crippen LogP) is 5.66. The van der Waals surface area contributed by atoms with Crippen LogP contribution in [0.5, 0.6) is 0 Å². The Morgan fingerprint density at radius 3 is 2.44 bits per heavy atom. The Balaban J connectivity index is 1.50. The number of carbonyl (C=O) groups excluding carboxylic acids is 2. The van der Waals surface area contributed by atoms with Crippen LogP contribution in [0.2, 0.25) is 0 Å². The topological polar surface area (TPSA) is 95.3 Å². The third kappa shape index (κ3) is 5.96. The molecule has 8 heteroatoms. The molecule has 0 aliphatic rings. The molecule has 1 heterocycles. The number of amides is 1. The predicted molar refractivity (Wildman–Crippen MR) is 137 cm³/mol. The Labute approximate surface area is 209 Å². The number of aryl methyl sites for hydroxylation is 1. The largest absolute Gasteiger partial charge is 0.466 e. The molecule has 0 radical (unpaired) electrons. The molecule has 0 fully saturated rings. The highest BCUT2D eigenvalue weighted by atomic mass is 16.6. The quantitative estimate of drug-likeness (QED) is 0.324. The molecule has 1 atom stereocenters. The molecule has 1 amide bonds. The summed E-state index contributed by atoms with van der Waals surface area (Å²) >= 11 is 0. The van der Waals surface area contributed by atoms with Crippen molar-refractivity contribution < 1.29 is 19.1 Å². The van der Waals surface area contributed by atoms with Gasteiger partial charge in [0.1, 0.15) is 11.8 Å². The van der Waals surface area contributed by atoms with Crippen LogP contribution >= 0.6 is 0 Å². The van der Waals surface area contributed by atoms with Gasteiger partial charge in [0.25, 0.3) is 0 Å². The second kappa shape index (κ2) is 11.3. The molecule has 36 heavy (non-hydrogen) atoms. The molecule has 0 saturated carbocycles. The van der Waals surface area contributed by atoms with Gasteiger partial charge in [0.15, 0.2) is 5.82 Å². The summed E-state index contributed by atoms with van der Waals surface area (Å²) in [5.41, 5.74) is 5.01. The lowest BCUT2D eigenvalue weighted by Gasteiger charge is -2.15. The van der Waals surface area contributed by atoms with E-state index in [1.165, 1.54) is 0 Å². The van der Waals surface area contributed by atoms with Crippen molar-refractivity contribution in [1.29, 1.82) is 0 Å². The lowest BCUT2D eigenvalue weighted by Crippen LogP contribution is -2.18. The summed E-state index contributed by atoms with van der Waals surface area (Å²) in [5, 5.41) is 11.1. The average molecular weight is 485 g/mol. The standard InChI is InChI=1S/C28H28N4O4/c1-4-35-26(33)17-21-13-15-23(16-14-21)24-11-8-12-25(18-24)32-27(19(2)30-31-32)29-28(34)36-20(3)22-9-6-5-7-10-22/h5-16,18,20H,4,17H2,1-3H3,(H,29,34). The molecule has 1 unspecified atom stereocenters. The number of hydrogen-bond donors (Lipinski definition) is 1. The number of carbonyl (C=O) groups is 2. The first-order chi connectivity index (χ1) is 17.4. The first-order valence-electron chi connectivity index (χ1n) is 11.7. The number of hydrogen-bond acceptors (Lipinski definition) is 6. The number of ether oxygens (including phenoxy) is 2. The van der Waals surface area contributed by atoms with Gasteiger partial charge in [0, 0.05) is 0 Å². The minimum absolute atomic E-state index is 0.237. The summed E-state index contributed by atoms with van der Waals surface area (Å²) < 4.78 is 12.1. The number of nitrogens with zero attached hydrogens (tertiary/aromatic N) is 3. The van der Waals surface area contributed by atoms with Crippen LogP contribution in [-0.2, 0) is 20.7 Å². The maximum atomic E-state index is 12.6. The Hall–Kier alpha value is -4.46. The summed E-state index contributed by atoms with van der Waals surface area (Å²) in [6, 6.07) is 25.0. The molecule has 0 bridgehead atoms. The van der Waals surface area contributed by atoms with Crippen LogP contribution in [0.4, 0.5) is 10.6 Å². The molecule has 4 aromatic rings. The Morgan fingerprint density at radius 1 is 0.972 bits per heavy atom. The zero-order valence-electron chi connectivity index (χ0n) is 20.5. The van der Waals surface area contributed by atoms with E-state index in [0.29, 0.717) is 18.1 Å². The van der Waals surface area contributed by atoms with E-state index in [1.54, 1.807) is 18.5 Å². The fourth-order valence-electron chi connectivity index (χ4n) is 3.77. The summed E-state index contributed by atoms with van der Waals surface area (Å²) in [4.78, 5) is 24.4. The average Bonchev–Trinajstić information content (AvgIpc) is 3.25. The monoisotopic (exact) mass is 484 g/mol. The summed E-state index contributed by atoms with van der Waals surface area (Å²) in [5.74, 6) is 0.188. The van der Waals surface area contributed by atoms with Crippen LogP contribution in [0.1, 0.15) is 36.8 Å². The number of esters is 1. The number of rotatable bonds is 8. The van der Waals surface area contributed by atoms with E-state index >= 15 is 0 Å². The molecule has 0 aliphatic heterocycles. The van der Waals surface area contributed by atoms with Gasteiger partial charge in [0.05, 0.1) is 18.7 Å². The second-order valence-corrected chi connectivity index (χ2v) is 8.25. The Bertz CT molecular complexity index is 1330. The van der Waals surface area contributed by atoms with E-state index < -0.39 is 12.2 Å². The summed E-state index contributed by atoms with van der Waals surface area (Å²) in [6.45, 7) is 5.75. The van der Waals surface area contributed by atoms with Crippen molar-refractivity contribution in [3.8, 4) is 16.8 Å². The number of nitrogens with one attached hydrogen (secondary N) is 1. The van der Waals surface area contributed by atoms with Crippen molar-refractivity contribution >= 4 is 17.9 Å². The van der Waals surface area contributed by atoms with Crippen molar-refractivity contribution in [3.05, 3.63) is 95.7 Å². The minimum Gasteiger partial charge on any atom is -0.466 e. The summed E-state index contributed by atoms with van der Waals surface area (Å²) in [7, 11) is 0. The van der Waals surface area contributed by atoms with Gasteiger partial charge >= 0.3 is 12.1 Å². The smallest absolute Gasteiger partial charge is 0.413 e. The van der Waals surface area contributed by atoms with Gasteiger partial charge in [-0.3, -0.25) is 10.1 Å². The molecule has 3 aromatic carbocycles. The first kappa shape index (κ1) is 24.7. The molecule has 1 aromatic heterocycles. The molecule has 184 valence electrons. The van der Waals surface area contributed by atoms with E-state index in [2.05, 4.69) is 15.6 Å². The molecule has 4 rings (SSSR count). The van der Waals surface area contributed by atoms with Crippen molar-refractivity contribution in [2.45, 2.75) is 33.3 Å². The fraction of sp³-hybridized carbons (Fsp3) is 0.214. The van der Waals surface area contributed by atoms with Crippen LogP contribution in [0.25, 0.3) is 16.8 Å². The Kier molecular flexibility index (Phi) is 7.75. The molecule has 0 aliphatic carbocycles. The third-order valence-electron chi connectivity index (χ3n) is 5.64. The zero-order valence-corrected chi connectivity index (χ0v) is 20.5. The molecular weight excluding hydrogens is 456 g/mol. The van der Waals surface area contributed by atoms with Gasteiger partial charge in [0.2, 0.25) is 0 Å². The molecular formula is C28H28N4O4. The number of benzene rings is 3. The highest BCUT2D eigenvalue weighted by molar-refractivity contribution is 5.84. The van der Waals surface area contributed by atoms with Crippen LogP contribution in [0, 0.1) is 6.92 Å². The van der Waals surface area contributed by atoms with Gasteiger partial charge in [-0.1, -0.05) is 71.9 Å². The summed E-state index contributed by atoms with van der Waals surface area (Å²) in [6.07, 6.45) is -0.766. The van der Waals surface area contributed by atoms with Gasteiger partial charge < -0.3 is 9.47 Å². The lowest BCUT2D eigenvalue weighted by atomic mass is 10.0. The van der Waals surface area contributed by atoms with E-state index in [9.17, 15) is 9.59 Å². The highest BCUT2D eigenvalue weighted by Crippen LogP contribution is 2.25. The van der Waals surface area contributed by atoms with Gasteiger partial charge in [-0.05, 0) is 55.2 Å². The van der Waals surface area contributed by atoms with Crippen molar-refractivity contribution in [2.24, 2.45) is 0 Å². The number of anilines is 1. The maximum absolute atomic E-state index is 12.6. The van der Waals surface area contributed by atoms with Crippen LogP contribution < -0.4 is 5.32 Å². The zero-order chi connectivity index (χ0) is 25.5. The van der Waals surface area contributed by atoms with E-state index in [0.717, 1.165) is 27.9 Å². The molecule has 0 spiro atoms. The van der Waals surface area contributed by atoms with Crippen LogP contribution in [-0.4, -0.2) is 33.7 Å². The maximum Gasteiger partial charge on any atom is 0.413 e. The van der Waals surface area contributed by atoms with Gasteiger partial charge in [-0.2, -0.15) is 4.68 Å². The highest BCUT2D eigenvalue weighted by Gasteiger charge is 2.18. The SMILES string of the molecule is CCOC(=O)Cc1ccc(-c2cccc(-n3nnc(C)c3NC(=O)OC(C)c3ccccc3)c2)cc1. The van der Waals surface area contributed by atoms with Crippen molar-refractivity contribution in [3.63, 3.8) is 0 Å².